The molecule has 0 aromatic heterocycles. The highest BCUT2D eigenvalue weighted by molar-refractivity contribution is 5.77. The minimum Gasteiger partial charge on any atom is -0.337 e. The second-order valence-electron chi connectivity index (χ2n) is 6.46. The summed E-state index contributed by atoms with van der Waals surface area (Å²) in [5, 5.41) is 0. The van der Waals surface area contributed by atoms with Crippen molar-refractivity contribution in [1.82, 2.24) is 4.90 Å². The molecule has 1 aromatic carbocycles. The lowest BCUT2D eigenvalue weighted by atomic mass is 10.1. The van der Waals surface area contributed by atoms with Crippen LogP contribution in [0.3, 0.4) is 0 Å². The Bertz CT molecular complexity index is 472. The van der Waals surface area contributed by atoms with Gasteiger partial charge in [0.05, 0.1) is 0 Å². The Labute approximate surface area is 122 Å². The fourth-order valence-electron chi connectivity index (χ4n) is 3.49. The van der Waals surface area contributed by atoms with Crippen LogP contribution in [0.25, 0.3) is 0 Å². The van der Waals surface area contributed by atoms with Crippen LogP contribution in [0.15, 0.2) is 24.3 Å². The van der Waals surface area contributed by atoms with Crippen molar-refractivity contribution in [2.24, 2.45) is 0 Å². The fraction of sp³-hybridized carbons (Fsp3) is 0.611. The first kappa shape index (κ1) is 13.7. The van der Waals surface area contributed by atoms with E-state index in [9.17, 15) is 4.79 Å². The number of carbonyl (C=O) groups is 1. The molecule has 0 aliphatic heterocycles. The summed E-state index contributed by atoms with van der Waals surface area (Å²) in [6.07, 6.45) is 9.09. The molecular weight excluding hydrogens is 246 g/mol. The monoisotopic (exact) mass is 271 g/mol. The van der Waals surface area contributed by atoms with E-state index >= 15 is 0 Å². The summed E-state index contributed by atoms with van der Waals surface area (Å²) < 4.78 is 0. The molecule has 20 heavy (non-hydrogen) atoms. The van der Waals surface area contributed by atoms with Gasteiger partial charge in [-0.25, -0.2) is 0 Å². The molecule has 2 nitrogen and oxygen atoms in total. The molecule has 2 saturated carbocycles. The quantitative estimate of drug-likeness (QED) is 0.796. The standard InChI is InChI=1S/C18H25NO/c1-14-5-4-6-15(13-14)9-12-18(20)19(17-10-11-17)16-7-2-3-8-16/h4-6,13,16-17H,2-3,7-12H2,1H3. The zero-order valence-electron chi connectivity index (χ0n) is 12.5. The summed E-state index contributed by atoms with van der Waals surface area (Å²) in [6, 6.07) is 9.66. The van der Waals surface area contributed by atoms with E-state index in [1.165, 1.54) is 49.7 Å². The van der Waals surface area contributed by atoms with Crippen molar-refractivity contribution >= 4 is 5.91 Å². The Morgan fingerprint density at radius 1 is 1.15 bits per heavy atom. The topological polar surface area (TPSA) is 20.3 Å². The average Bonchev–Trinajstić information content (AvgIpc) is 3.11. The lowest BCUT2D eigenvalue weighted by Gasteiger charge is -2.29. The summed E-state index contributed by atoms with van der Waals surface area (Å²) in [6.45, 7) is 2.11. The van der Waals surface area contributed by atoms with Gasteiger partial charge in [-0.3, -0.25) is 4.79 Å². The van der Waals surface area contributed by atoms with E-state index in [0.29, 0.717) is 24.4 Å². The third-order valence-corrected chi connectivity index (χ3v) is 4.66. The molecule has 2 aliphatic rings. The number of hydrogen-bond donors (Lipinski definition) is 0. The van der Waals surface area contributed by atoms with Crippen LogP contribution in [-0.4, -0.2) is 22.9 Å². The van der Waals surface area contributed by atoms with Crippen LogP contribution in [0.4, 0.5) is 0 Å². The first-order valence-electron chi connectivity index (χ1n) is 8.11. The van der Waals surface area contributed by atoms with Gasteiger partial charge in [0, 0.05) is 18.5 Å². The highest BCUT2D eigenvalue weighted by Gasteiger charge is 2.37. The number of nitrogens with zero attached hydrogens (tertiary/aromatic N) is 1. The summed E-state index contributed by atoms with van der Waals surface area (Å²) >= 11 is 0. The predicted molar refractivity (Wildman–Crippen MR) is 81.6 cm³/mol. The van der Waals surface area contributed by atoms with Gasteiger partial charge < -0.3 is 4.90 Å². The van der Waals surface area contributed by atoms with E-state index in [4.69, 9.17) is 0 Å². The highest BCUT2D eigenvalue weighted by atomic mass is 16.2. The highest BCUT2D eigenvalue weighted by Crippen LogP contribution is 2.35. The first-order valence-corrected chi connectivity index (χ1v) is 8.11. The Morgan fingerprint density at radius 3 is 2.50 bits per heavy atom. The van der Waals surface area contributed by atoms with Crippen molar-refractivity contribution in [3.8, 4) is 0 Å². The van der Waals surface area contributed by atoms with Gasteiger partial charge >= 0.3 is 0 Å². The van der Waals surface area contributed by atoms with Gasteiger partial charge in [0.25, 0.3) is 0 Å². The molecule has 3 rings (SSSR count). The molecule has 0 N–H and O–H groups in total. The summed E-state index contributed by atoms with van der Waals surface area (Å²) in [5.74, 6) is 0.390. The smallest absolute Gasteiger partial charge is 0.223 e. The van der Waals surface area contributed by atoms with E-state index in [0.717, 1.165) is 6.42 Å². The number of hydrogen-bond acceptors (Lipinski definition) is 1. The third kappa shape index (κ3) is 3.23. The summed E-state index contributed by atoms with van der Waals surface area (Å²) in [4.78, 5) is 14.8. The van der Waals surface area contributed by atoms with Gasteiger partial charge in [-0.2, -0.15) is 0 Å². The van der Waals surface area contributed by atoms with Crippen LogP contribution in [0, 0.1) is 6.92 Å². The van der Waals surface area contributed by atoms with Crippen molar-refractivity contribution in [1.29, 1.82) is 0 Å². The van der Waals surface area contributed by atoms with Gasteiger partial charge in [-0.15, -0.1) is 0 Å². The average molecular weight is 271 g/mol. The number of benzene rings is 1. The van der Waals surface area contributed by atoms with Gasteiger partial charge in [0.15, 0.2) is 0 Å². The van der Waals surface area contributed by atoms with E-state index in [1.54, 1.807) is 0 Å². The molecule has 2 heteroatoms. The van der Waals surface area contributed by atoms with E-state index in [1.807, 2.05) is 0 Å². The largest absolute Gasteiger partial charge is 0.337 e. The zero-order chi connectivity index (χ0) is 13.9. The fourth-order valence-corrected chi connectivity index (χ4v) is 3.49. The molecule has 0 radical (unpaired) electrons. The number of amides is 1. The molecule has 0 atom stereocenters. The van der Waals surface area contributed by atoms with Crippen molar-refractivity contribution in [2.45, 2.75) is 70.4 Å². The summed E-state index contributed by atoms with van der Waals surface area (Å²) in [7, 11) is 0. The van der Waals surface area contributed by atoms with E-state index in [2.05, 4.69) is 36.1 Å². The lowest BCUT2D eigenvalue weighted by Crippen LogP contribution is -2.40. The Balaban J connectivity index is 1.59. The second kappa shape index (κ2) is 5.99. The van der Waals surface area contributed by atoms with Crippen LogP contribution < -0.4 is 0 Å². The van der Waals surface area contributed by atoms with Crippen molar-refractivity contribution in [2.75, 3.05) is 0 Å². The number of aryl methyl sites for hydroxylation is 2. The van der Waals surface area contributed by atoms with Crippen molar-refractivity contribution < 1.29 is 4.79 Å². The molecule has 2 aliphatic carbocycles. The van der Waals surface area contributed by atoms with Gasteiger partial charge in [-0.1, -0.05) is 42.7 Å². The minimum atomic E-state index is 0.390. The Hall–Kier alpha value is -1.31. The van der Waals surface area contributed by atoms with E-state index in [-0.39, 0.29) is 0 Å². The van der Waals surface area contributed by atoms with Crippen LogP contribution in [0.2, 0.25) is 0 Å². The first-order chi connectivity index (χ1) is 9.74. The molecule has 0 unspecified atom stereocenters. The van der Waals surface area contributed by atoms with Crippen LogP contribution >= 0.6 is 0 Å². The van der Waals surface area contributed by atoms with Crippen LogP contribution in [-0.2, 0) is 11.2 Å². The Kier molecular flexibility index (Phi) is 4.09. The van der Waals surface area contributed by atoms with Gasteiger partial charge in [0.1, 0.15) is 0 Å². The molecule has 1 amide bonds. The Morgan fingerprint density at radius 2 is 1.85 bits per heavy atom. The van der Waals surface area contributed by atoms with Crippen molar-refractivity contribution in [3.05, 3.63) is 35.4 Å². The molecule has 108 valence electrons. The molecule has 0 bridgehead atoms. The maximum atomic E-state index is 12.6. The molecule has 2 fully saturated rings. The van der Waals surface area contributed by atoms with Crippen LogP contribution in [0.1, 0.15) is 56.1 Å². The minimum absolute atomic E-state index is 0.390. The van der Waals surface area contributed by atoms with E-state index < -0.39 is 0 Å². The predicted octanol–water partition coefficient (Wildman–Crippen LogP) is 3.86. The number of carbonyl (C=O) groups excluding carboxylic acids is 1. The normalized spacial score (nSPS) is 19.2. The van der Waals surface area contributed by atoms with Crippen molar-refractivity contribution in [3.63, 3.8) is 0 Å². The maximum Gasteiger partial charge on any atom is 0.223 e. The third-order valence-electron chi connectivity index (χ3n) is 4.66. The SMILES string of the molecule is Cc1cccc(CCC(=O)N(C2CCCC2)C2CC2)c1. The lowest BCUT2D eigenvalue weighted by molar-refractivity contribution is -0.134. The molecule has 0 saturated heterocycles. The van der Waals surface area contributed by atoms with Gasteiger partial charge in [-0.05, 0) is 44.6 Å². The molecule has 1 aromatic rings. The number of rotatable bonds is 5. The summed E-state index contributed by atoms with van der Waals surface area (Å²) in [5.41, 5.74) is 2.57. The van der Waals surface area contributed by atoms with Gasteiger partial charge in [0.2, 0.25) is 5.91 Å². The molecule has 0 spiro atoms. The second-order valence-corrected chi connectivity index (χ2v) is 6.46. The van der Waals surface area contributed by atoms with Crippen LogP contribution in [0.5, 0.6) is 0 Å². The maximum absolute atomic E-state index is 12.6. The zero-order valence-corrected chi connectivity index (χ0v) is 12.5. The molecular formula is C18H25NO. The molecule has 0 heterocycles.